The van der Waals surface area contributed by atoms with Gasteiger partial charge in [0, 0.05) is 15.8 Å². The first-order valence-corrected chi connectivity index (χ1v) is 7.78. The number of hydrogen-bond acceptors (Lipinski definition) is 4. The van der Waals surface area contributed by atoms with Crippen LogP contribution in [0.4, 0.5) is 0 Å². The normalized spacial score (nSPS) is 20.7. The molecule has 1 unspecified atom stereocenters. The van der Waals surface area contributed by atoms with Gasteiger partial charge in [-0.1, -0.05) is 20.3 Å². The van der Waals surface area contributed by atoms with Gasteiger partial charge in [0.15, 0.2) is 0 Å². The number of amides is 1. The van der Waals surface area contributed by atoms with Crippen LogP contribution in [0.25, 0.3) is 0 Å². The highest BCUT2D eigenvalue weighted by Gasteiger charge is 2.34. The van der Waals surface area contributed by atoms with Crippen molar-refractivity contribution in [3.8, 4) is 5.88 Å². The standard InChI is InChI=1S/C14H20IN3O2/c1-14(2)7-4-5-10(14)17-18-12(19)11-9(15)6-8-16-13(11)20-3/h6,8,10,17H,4-5,7H2,1-3H3,(H,18,19). The lowest BCUT2D eigenvalue weighted by molar-refractivity contribution is 0.0906. The smallest absolute Gasteiger partial charge is 0.271 e. The molecular weight excluding hydrogens is 369 g/mol. The fourth-order valence-electron chi connectivity index (χ4n) is 2.59. The Morgan fingerprint density at radius 2 is 2.30 bits per heavy atom. The van der Waals surface area contributed by atoms with Crippen molar-refractivity contribution in [3.63, 3.8) is 0 Å². The molecule has 110 valence electrons. The van der Waals surface area contributed by atoms with Crippen molar-refractivity contribution in [3.05, 3.63) is 21.4 Å². The number of pyridine rings is 1. The van der Waals surface area contributed by atoms with Crippen LogP contribution in [-0.4, -0.2) is 24.0 Å². The van der Waals surface area contributed by atoms with Crippen molar-refractivity contribution >= 4 is 28.5 Å². The summed E-state index contributed by atoms with van der Waals surface area (Å²) in [4.78, 5) is 16.4. The first-order valence-electron chi connectivity index (χ1n) is 6.70. The van der Waals surface area contributed by atoms with E-state index in [-0.39, 0.29) is 11.3 Å². The van der Waals surface area contributed by atoms with Crippen molar-refractivity contribution < 1.29 is 9.53 Å². The Hall–Kier alpha value is -0.890. The molecule has 20 heavy (non-hydrogen) atoms. The van der Waals surface area contributed by atoms with E-state index in [0.29, 0.717) is 17.5 Å². The molecule has 0 aliphatic heterocycles. The number of carbonyl (C=O) groups is 1. The van der Waals surface area contributed by atoms with Gasteiger partial charge in [-0.25, -0.2) is 10.4 Å². The van der Waals surface area contributed by atoms with Gasteiger partial charge in [0.25, 0.3) is 5.91 Å². The Labute approximate surface area is 133 Å². The second-order valence-electron chi connectivity index (χ2n) is 5.71. The summed E-state index contributed by atoms with van der Waals surface area (Å²) < 4.78 is 5.97. The summed E-state index contributed by atoms with van der Waals surface area (Å²) in [6, 6.07) is 2.09. The number of nitrogens with one attached hydrogen (secondary N) is 2. The molecule has 2 rings (SSSR count). The summed E-state index contributed by atoms with van der Waals surface area (Å²) in [6.45, 7) is 4.44. The fourth-order valence-corrected chi connectivity index (χ4v) is 3.23. The summed E-state index contributed by atoms with van der Waals surface area (Å²) in [7, 11) is 1.52. The Morgan fingerprint density at radius 3 is 2.90 bits per heavy atom. The van der Waals surface area contributed by atoms with E-state index in [1.54, 1.807) is 12.3 Å². The maximum Gasteiger partial charge on any atom is 0.271 e. The number of rotatable bonds is 4. The maximum atomic E-state index is 12.3. The average Bonchev–Trinajstić information content (AvgIpc) is 2.74. The lowest BCUT2D eigenvalue weighted by Crippen LogP contribution is -2.48. The Balaban J connectivity index is 2.06. The zero-order valence-corrected chi connectivity index (χ0v) is 14.2. The minimum atomic E-state index is -0.206. The third kappa shape index (κ3) is 3.22. The highest BCUT2D eigenvalue weighted by atomic mass is 127. The lowest BCUT2D eigenvalue weighted by atomic mass is 9.88. The summed E-state index contributed by atoms with van der Waals surface area (Å²) in [5.41, 5.74) is 6.64. The predicted molar refractivity (Wildman–Crippen MR) is 85.5 cm³/mol. The molecule has 0 aromatic carbocycles. The molecule has 1 aliphatic carbocycles. The zero-order valence-electron chi connectivity index (χ0n) is 12.0. The average molecular weight is 389 g/mol. The number of aromatic nitrogens is 1. The summed E-state index contributed by atoms with van der Waals surface area (Å²) in [5, 5.41) is 0. The molecule has 1 aliphatic rings. The van der Waals surface area contributed by atoms with Gasteiger partial charge in [0.1, 0.15) is 5.56 Å². The summed E-state index contributed by atoms with van der Waals surface area (Å²) in [6.07, 6.45) is 5.07. The van der Waals surface area contributed by atoms with E-state index < -0.39 is 0 Å². The third-order valence-electron chi connectivity index (χ3n) is 3.90. The van der Waals surface area contributed by atoms with Crippen LogP contribution >= 0.6 is 22.6 Å². The molecule has 0 radical (unpaired) electrons. The summed E-state index contributed by atoms with van der Waals surface area (Å²) in [5.74, 6) is 0.143. The lowest BCUT2D eigenvalue weighted by Gasteiger charge is -2.28. The molecule has 1 saturated carbocycles. The quantitative estimate of drug-likeness (QED) is 0.614. The van der Waals surface area contributed by atoms with Crippen molar-refractivity contribution in [2.45, 2.75) is 39.2 Å². The molecule has 1 atom stereocenters. The number of nitrogens with zero attached hydrogens (tertiary/aromatic N) is 1. The van der Waals surface area contributed by atoms with Gasteiger partial charge in [0.2, 0.25) is 5.88 Å². The van der Waals surface area contributed by atoms with E-state index in [4.69, 9.17) is 4.74 Å². The number of halogens is 1. The molecule has 1 fully saturated rings. The number of methoxy groups -OCH3 is 1. The molecule has 2 N–H and O–H groups in total. The molecular formula is C14H20IN3O2. The van der Waals surface area contributed by atoms with Gasteiger partial charge in [-0.15, -0.1) is 0 Å². The van der Waals surface area contributed by atoms with Gasteiger partial charge >= 0.3 is 0 Å². The number of carbonyl (C=O) groups excluding carboxylic acids is 1. The summed E-state index contributed by atoms with van der Waals surface area (Å²) >= 11 is 2.11. The van der Waals surface area contributed by atoms with Crippen LogP contribution in [-0.2, 0) is 0 Å². The van der Waals surface area contributed by atoms with E-state index in [9.17, 15) is 4.79 Å². The monoisotopic (exact) mass is 389 g/mol. The largest absolute Gasteiger partial charge is 0.480 e. The van der Waals surface area contributed by atoms with E-state index in [2.05, 4.69) is 52.3 Å². The van der Waals surface area contributed by atoms with Crippen LogP contribution in [0.2, 0.25) is 0 Å². The molecule has 0 bridgehead atoms. The van der Waals surface area contributed by atoms with Crippen molar-refractivity contribution in [2.24, 2.45) is 5.41 Å². The number of hydrogen-bond donors (Lipinski definition) is 2. The van der Waals surface area contributed by atoms with Crippen LogP contribution in [0.3, 0.4) is 0 Å². The number of ether oxygens (including phenoxy) is 1. The van der Waals surface area contributed by atoms with E-state index in [0.717, 1.165) is 9.99 Å². The second-order valence-corrected chi connectivity index (χ2v) is 6.87. The van der Waals surface area contributed by atoms with E-state index >= 15 is 0 Å². The highest BCUT2D eigenvalue weighted by molar-refractivity contribution is 14.1. The molecule has 5 nitrogen and oxygen atoms in total. The predicted octanol–water partition coefficient (Wildman–Crippen LogP) is 2.51. The van der Waals surface area contributed by atoms with Crippen LogP contribution in [0.15, 0.2) is 12.3 Å². The van der Waals surface area contributed by atoms with Gasteiger partial charge in [-0.05, 0) is 46.9 Å². The van der Waals surface area contributed by atoms with Crippen LogP contribution in [0.1, 0.15) is 43.5 Å². The van der Waals surface area contributed by atoms with E-state index in [1.807, 2.05) is 0 Å². The van der Waals surface area contributed by atoms with Gasteiger partial charge in [-0.2, -0.15) is 0 Å². The highest BCUT2D eigenvalue weighted by Crippen LogP contribution is 2.36. The SMILES string of the molecule is COc1nccc(I)c1C(=O)NNC1CCCC1(C)C. The second kappa shape index (κ2) is 6.26. The molecule has 6 heteroatoms. The van der Waals surface area contributed by atoms with Crippen molar-refractivity contribution in [1.29, 1.82) is 0 Å². The molecule has 1 heterocycles. The van der Waals surface area contributed by atoms with Crippen LogP contribution in [0, 0.1) is 8.99 Å². The molecule has 1 aromatic rings. The molecule has 1 aromatic heterocycles. The molecule has 1 amide bonds. The zero-order chi connectivity index (χ0) is 14.8. The fraction of sp³-hybridized carbons (Fsp3) is 0.571. The van der Waals surface area contributed by atoms with Gasteiger partial charge < -0.3 is 4.74 Å². The minimum absolute atomic E-state index is 0.206. The van der Waals surface area contributed by atoms with Crippen molar-refractivity contribution in [2.75, 3.05) is 7.11 Å². The van der Waals surface area contributed by atoms with Crippen LogP contribution < -0.4 is 15.6 Å². The van der Waals surface area contributed by atoms with Crippen LogP contribution in [0.5, 0.6) is 5.88 Å². The first-order chi connectivity index (χ1) is 9.45. The maximum absolute atomic E-state index is 12.3. The van der Waals surface area contributed by atoms with Crippen molar-refractivity contribution in [1.82, 2.24) is 15.8 Å². The Kier molecular flexibility index (Phi) is 4.85. The van der Waals surface area contributed by atoms with Gasteiger partial charge in [0.05, 0.1) is 7.11 Å². The third-order valence-corrected chi connectivity index (χ3v) is 4.80. The first kappa shape index (κ1) is 15.5. The van der Waals surface area contributed by atoms with Gasteiger partial charge in [-0.3, -0.25) is 10.2 Å². The molecule has 0 saturated heterocycles. The topological polar surface area (TPSA) is 63.2 Å². The molecule has 0 spiro atoms. The Bertz CT molecular complexity index is 505. The Morgan fingerprint density at radius 1 is 1.55 bits per heavy atom. The van der Waals surface area contributed by atoms with E-state index in [1.165, 1.54) is 20.0 Å². The minimum Gasteiger partial charge on any atom is -0.480 e. The number of hydrazine groups is 1.